The van der Waals surface area contributed by atoms with Crippen LogP contribution in [0.3, 0.4) is 0 Å². The van der Waals surface area contributed by atoms with Crippen molar-refractivity contribution < 1.29 is 32.0 Å². The summed E-state index contributed by atoms with van der Waals surface area (Å²) in [5, 5.41) is 0. The van der Waals surface area contributed by atoms with Crippen molar-refractivity contribution in [3.63, 3.8) is 0 Å². The normalized spacial score (nSPS) is 14.6. The lowest BCUT2D eigenvalue weighted by Crippen LogP contribution is -2.39. The molecular weight excluding hydrogens is 348 g/mol. The summed E-state index contributed by atoms with van der Waals surface area (Å²) in [5.41, 5.74) is -1.72. The highest BCUT2D eigenvalue weighted by molar-refractivity contribution is 7.85. The first-order valence-electron chi connectivity index (χ1n) is 8.67. The van der Waals surface area contributed by atoms with Crippen LogP contribution >= 0.6 is 0 Å². The number of hydrogen-bond acceptors (Lipinski definition) is 6. The molecular formula is C17H32O7S. The van der Waals surface area contributed by atoms with Gasteiger partial charge in [-0.05, 0) is 46.5 Å². The summed E-state index contributed by atoms with van der Waals surface area (Å²) >= 11 is 0. The molecule has 0 bridgehead atoms. The van der Waals surface area contributed by atoms with E-state index in [-0.39, 0.29) is 25.4 Å². The van der Waals surface area contributed by atoms with Gasteiger partial charge in [-0.2, -0.15) is 8.42 Å². The van der Waals surface area contributed by atoms with Crippen LogP contribution in [0.4, 0.5) is 0 Å². The van der Waals surface area contributed by atoms with Gasteiger partial charge in [0.25, 0.3) is 10.1 Å². The predicted octanol–water partition coefficient (Wildman–Crippen LogP) is 2.98. The third kappa shape index (κ3) is 9.21. The summed E-state index contributed by atoms with van der Waals surface area (Å²) in [7, 11) is -4.07. The fourth-order valence-electron chi connectivity index (χ4n) is 2.47. The van der Waals surface area contributed by atoms with E-state index in [1.54, 1.807) is 20.8 Å². The predicted molar refractivity (Wildman–Crippen MR) is 94.7 cm³/mol. The molecule has 1 N–H and O–H groups in total. The molecule has 0 aliphatic carbocycles. The van der Waals surface area contributed by atoms with E-state index in [9.17, 15) is 18.0 Å². The fourth-order valence-corrected chi connectivity index (χ4v) is 2.96. The zero-order chi connectivity index (χ0) is 19.7. The van der Waals surface area contributed by atoms with E-state index in [1.165, 1.54) is 0 Å². The Labute approximate surface area is 151 Å². The third-order valence-corrected chi connectivity index (χ3v) is 4.97. The highest BCUT2D eigenvalue weighted by Crippen LogP contribution is 2.38. The maximum absolute atomic E-state index is 12.4. The number of carbonyl (C=O) groups excluding carboxylic acids is 2. The molecule has 0 aliphatic heterocycles. The maximum Gasteiger partial charge on any atom is 0.311 e. The molecule has 0 aromatic rings. The fraction of sp³-hybridized carbons (Fsp3) is 0.882. The van der Waals surface area contributed by atoms with Crippen molar-refractivity contribution in [3.05, 3.63) is 0 Å². The molecule has 0 rings (SSSR count). The van der Waals surface area contributed by atoms with Gasteiger partial charge in [-0.3, -0.25) is 14.1 Å². The van der Waals surface area contributed by atoms with Crippen LogP contribution in [0.25, 0.3) is 0 Å². The van der Waals surface area contributed by atoms with Crippen LogP contribution in [0.2, 0.25) is 0 Å². The molecule has 0 amide bonds. The molecule has 1 unspecified atom stereocenters. The van der Waals surface area contributed by atoms with Crippen molar-refractivity contribution in [2.24, 2.45) is 10.8 Å². The van der Waals surface area contributed by atoms with Crippen molar-refractivity contribution in [1.29, 1.82) is 0 Å². The average molecular weight is 381 g/mol. The summed E-state index contributed by atoms with van der Waals surface area (Å²) in [4.78, 5) is 24.7. The second-order valence-corrected chi connectivity index (χ2v) is 8.81. The van der Waals surface area contributed by atoms with Crippen LogP contribution in [0.1, 0.15) is 66.7 Å². The lowest BCUT2D eigenvalue weighted by Gasteiger charge is -2.33. The maximum atomic E-state index is 12.4. The first kappa shape index (κ1) is 23.9. The number of unbranched alkanes of at least 4 members (excludes halogenated alkanes) is 1. The summed E-state index contributed by atoms with van der Waals surface area (Å²) in [6.07, 6.45) is 2.47. The van der Waals surface area contributed by atoms with Gasteiger partial charge in [0.15, 0.2) is 0 Å². The summed E-state index contributed by atoms with van der Waals surface area (Å²) < 4.78 is 40.4. The van der Waals surface area contributed by atoms with Gasteiger partial charge in [-0.15, -0.1) is 0 Å². The summed E-state index contributed by atoms with van der Waals surface area (Å²) in [6, 6.07) is 0. The molecule has 0 fully saturated rings. The minimum absolute atomic E-state index is 0.0207. The molecule has 0 aliphatic rings. The summed E-state index contributed by atoms with van der Waals surface area (Å²) in [6.45, 7) is 9.29. The van der Waals surface area contributed by atoms with Crippen LogP contribution in [0.5, 0.6) is 0 Å². The second kappa shape index (κ2) is 10.1. The molecule has 8 heteroatoms. The number of esters is 2. The second-order valence-electron chi connectivity index (χ2n) is 7.24. The van der Waals surface area contributed by atoms with E-state index in [0.717, 1.165) is 12.8 Å². The van der Waals surface area contributed by atoms with Crippen molar-refractivity contribution in [2.45, 2.75) is 66.7 Å². The van der Waals surface area contributed by atoms with Gasteiger partial charge in [0.2, 0.25) is 0 Å². The van der Waals surface area contributed by atoms with Crippen LogP contribution in [-0.4, -0.2) is 43.9 Å². The SMILES string of the molecule is CCCCOC(=O)C(C)(C)CC(C)(CC)C(=O)OCCCS(=O)(=O)O. The Morgan fingerprint density at radius 3 is 1.96 bits per heavy atom. The quantitative estimate of drug-likeness (QED) is 0.315. The number of rotatable bonds is 12. The van der Waals surface area contributed by atoms with E-state index in [2.05, 4.69) is 0 Å². The van der Waals surface area contributed by atoms with Gasteiger partial charge in [0.1, 0.15) is 0 Å². The molecule has 25 heavy (non-hydrogen) atoms. The monoisotopic (exact) mass is 380 g/mol. The smallest absolute Gasteiger partial charge is 0.311 e. The number of ether oxygens (including phenoxy) is 2. The van der Waals surface area contributed by atoms with Gasteiger partial charge in [0.05, 0.1) is 29.8 Å². The molecule has 0 aromatic heterocycles. The van der Waals surface area contributed by atoms with Crippen LogP contribution in [-0.2, 0) is 29.2 Å². The van der Waals surface area contributed by atoms with E-state index in [4.69, 9.17) is 14.0 Å². The Kier molecular flexibility index (Phi) is 9.64. The molecule has 0 spiro atoms. The zero-order valence-corrected chi connectivity index (χ0v) is 16.8. The Morgan fingerprint density at radius 1 is 0.960 bits per heavy atom. The van der Waals surface area contributed by atoms with Gasteiger partial charge in [0, 0.05) is 0 Å². The van der Waals surface area contributed by atoms with Crippen LogP contribution in [0, 0.1) is 10.8 Å². The first-order valence-corrected chi connectivity index (χ1v) is 10.3. The van der Waals surface area contributed by atoms with Gasteiger partial charge in [-0.1, -0.05) is 20.3 Å². The summed E-state index contributed by atoms with van der Waals surface area (Å²) in [5.74, 6) is -1.29. The average Bonchev–Trinajstić information content (AvgIpc) is 2.49. The van der Waals surface area contributed by atoms with E-state index in [0.29, 0.717) is 13.0 Å². The minimum atomic E-state index is -4.07. The molecule has 0 heterocycles. The largest absolute Gasteiger partial charge is 0.465 e. The zero-order valence-electron chi connectivity index (χ0n) is 16.0. The lowest BCUT2D eigenvalue weighted by atomic mass is 9.72. The van der Waals surface area contributed by atoms with Crippen molar-refractivity contribution in [1.82, 2.24) is 0 Å². The molecule has 148 valence electrons. The van der Waals surface area contributed by atoms with E-state index < -0.39 is 32.7 Å². The van der Waals surface area contributed by atoms with E-state index in [1.807, 2.05) is 13.8 Å². The molecule has 0 saturated carbocycles. The Morgan fingerprint density at radius 2 is 1.48 bits per heavy atom. The third-order valence-electron chi connectivity index (χ3n) is 4.17. The standard InChI is InChI=1S/C17H32O7S/c1-6-8-10-23-14(18)16(3,4)13-17(5,7-2)15(19)24-11-9-12-25(20,21)22/h6-13H2,1-5H3,(H,20,21,22). The Balaban J connectivity index is 4.73. The number of hydrogen-bond donors (Lipinski definition) is 1. The van der Waals surface area contributed by atoms with Crippen molar-refractivity contribution >= 4 is 22.1 Å². The Bertz CT molecular complexity index is 539. The van der Waals surface area contributed by atoms with Crippen LogP contribution < -0.4 is 0 Å². The van der Waals surface area contributed by atoms with Crippen molar-refractivity contribution in [2.75, 3.05) is 19.0 Å². The topological polar surface area (TPSA) is 107 Å². The first-order chi connectivity index (χ1) is 11.4. The van der Waals surface area contributed by atoms with Gasteiger partial charge >= 0.3 is 11.9 Å². The van der Waals surface area contributed by atoms with E-state index >= 15 is 0 Å². The molecule has 1 atom stereocenters. The van der Waals surface area contributed by atoms with Crippen LogP contribution in [0.15, 0.2) is 0 Å². The molecule has 0 aromatic carbocycles. The molecule has 0 radical (unpaired) electrons. The lowest BCUT2D eigenvalue weighted by molar-refractivity contribution is -0.163. The van der Waals surface area contributed by atoms with Crippen molar-refractivity contribution in [3.8, 4) is 0 Å². The minimum Gasteiger partial charge on any atom is -0.465 e. The number of carbonyl (C=O) groups is 2. The molecule has 7 nitrogen and oxygen atoms in total. The van der Waals surface area contributed by atoms with Gasteiger partial charge < -0.3 is 9.47 Å². The Hall–Kier alpha value is -1.15. The van der Waals surface area contributed by atoms with Gasteiger partial charge in [-0.25, -0.2) is 0 Å². The highest BCUT2D eigenvalue weighted by atomic mass is 32.2. The molecule has 0 saturated heterocycles. The highest BCUT2D eigenvalue weighted by Gasteiger charge is 2.42.